The summed E-state index contributed by atoms with van der Waals surface area (Å²) in [5.74, 6) is 1.92. The number of hydrogen-bond donors (Lipinski definition) is 0. The lowest BCUT2D eigenvalue weighted by atomic mass is 9.35. The van der Waals surface area contributed by atoms with E-state index >= 15 is 0 Å². The van der Waals surface area contributed by atoms with Crippen LogP contribution < -0.4 is 62.6 Å². The van der Waals surface area contributed by atoms with Gasteiger partial charge in [0, 0.05) is 0 Å². The molecule has 0 fully saturated rings. The number of benzene rings is 8. The maximum atomic E-state index is 7.19. The molecule has 8 aromatic rings. The maximum absolute atomic E-state index is 7.19. The van der Waals surface area contributed by atoms with Crippen molar-refractivity contribution >= 4 is 80.7 Å². The highest BCUT2D eigenvalue weighted by atomic mass is 28.3. The van der Waals surface area contributed by atoms with E-state index in [1.807, 2.05) is 0 Å². The molecule has 0 N–H and O–H groups in total. The van der Waals surface area contributed by atoms with Crippen molar-refractivity contribution in [2.45, 2.75) is 0 Å². The Morgan fingerprint density at radius 1 is 0.365 bits per heavy atom. The number of hydrogen-bond acceptors (Lipinski definition) is 1. The second-order valence-corrected chi connectivity index (χ2v) is 21.5. The minimum atomic E-state index is -2.92. The lowest BCUT2D eigenvalue weighted by Gasteiger charge is -2.46. The van der Waals surface area contributed by atoms with Crippen molar-refractivity contribution in [1.82, 2.24) is 0 Å². The molecule has 0 amide bonds. The van der Waals surface area contributed by atoms with Crippen molar-refractivity contribution in [2.75, 3.05) is 0 Å². The van der Waals surface area contributed by atoms with Gasteiger partial charge in [-0.25, -0.2) is 0 Å². The van der Waals surface area contributed by atoms with Gasteiger partial charge in [-0.2, -0.15) is 0 Å². The molecule has 0 saturated carbocycles. The Morgan fingerprint density at radius 2 is 0.808 bits per heavy atom. The first-order valence-electron chi connectivity index (χ1n) is 18.1. The van der Waals surface area contributed by atoms with Crippen LogP contribution in [-0.4, -0.2) is 22.9 Å². The number of fused-ring (bicyclic) bond motifs is 4. The number of ether oxygens (including phenoxy) is 1. The predicted molar refractivity (Wildman–Crippen MR) is 225 cm³/mol. The molecule has 0 bridgehead atoms. The van der Waals surface area contributed by atoms with Gasteiger partial charge in [0.05, 0.1) is 0 Å². The monoisotopic (exact) mass is 694 g/mol. The lowest BCUT2D eigenvalue weighted by Crippen LogP contribution is -2.88. The van der Waals surface area contributed by atoms with E-state index in [1.165, 1.54) is 57.9 Å². The van der Waals surface area contributed by atoms with E-state index in [9.17, 15) is 0 Å². The zero-order valence-corrected chi connectivity index (χ0v) is 30.7. The van der Waals surface area contributed by atoms with E-state index < -0.39 is 16.1 Å². The first-order valence-corrected chi connectivity index (χ1v) is 22.1. The van der Waals surface area contributed by atoms with E-state index in [2.05, 4.69) is 212 Å². The van der Waals surface area contributed by atoms with Gasteiger partial charge in [0.25, 0.3) is 6.71 Å². The van der Waals surface area contributed by atoms with Gasteiger partial charge in [-0.05, 0) is 64.6 Å². The van der Waals surface area contributed by atoms with Crippen LogP contribution >= 0.6 is 0 Å². The molecule has 0 aliphatic carbocycles. The molecule has 10 rings (SSSR count). The molecule has 0 aromatic heterocycles. The lowest BCUT2D eigenvalue weighted by molar-refractivity contribution is 0.488. The van der Waals surface area contributed by atoms with Crippen molar-refractivity contribution in [3.63, 3.8) is 0 Å². The van der Waals surface area contributed by atoms with Gasteiger partial charge in [0.2, 0.25) is 0 Å². The van der Waals surface area contributed by atoms with E-state index in [0.717, 1.165) is 11.5 Å². The van der Waals surface area contributed by atoms with Crippen molar-refractivity contribution in [3.8, 4) is 11.5 Å². The molecule has 1 nitrogen and oxygen atoms in total. The zero-order chi connectivity index (χ0) is 34.5. The fourth-order valence-corrected chi connectivity index (χ4v) is 19.6. The summed E-state index contributed by atoms with van der Waals surface area (Å²) in [5, 5.41) is 11.1. The summed E-state index contributed by atoms with van der Waals surface area (Å²) in [6.45, 7) is 0.0643. The minimum Gasteiger partial charge on any atom is -0.458 e. The maximum Gasteiger partial charge on any atom is 0.250 e. The van der Waals surface area contributed by atoms with Gasteiger partial charge >= 0.3 is 0 Å². The minimum absolute atomic E-state index is 0.0643. The normalized spacial score (nSPS) is 13.7. The molecule has 0 unspecified atom stereocenters. The summed E-state index contributed by atoms with van der Waals surface area (Å²) in [6, 6.07) is 79.5. The van der Waals surface area contributed by atoms with Gasteiger partial charge < -0.3 is 4.74 Å². The second kappa shape index (κ2) is 12.4. The van der Waals surface area contributed by atoms with Crippen molar-refractivity contribution in [1.29, 1.82) is 0 Å². The summed E-state index contributed by atoms with van der Waals surface area (Å²) in [6.07, 6.45) is 0. The Morgan fingerprint density at radius 3 is 1.35 bits per heavy atom. The van der Waals surface area contributed by atoms with Gasteiger partial charge in [-0.3, -0.25) is 0 Å². The number of rotatable bonds is 6. The molecule has 0 radical (unpaired) electrons. The predicted octanol–water partition coefficient (Wildman–Crippen LogP) is 3.38. The first kappa shape index (κ1) is 30.8. The highest BCUT2D eigenvalue weighted by molar-refractivity contribution is 7.27. The Hall–Kier alpha value is -5.94. The summed E-state index contributed by atoms with van der Waals surface area (Å²) in [4.78, 5) is 0. The summed E-state index contributed by atoms with van der Waals surface area (Å²) < 4.78 is 7.19. The third-order valence-corrected chi connectivity index (χ3v) is 21.1. The molecule has 52 heavy (non-hydrogen) atoms. The van der Waals surface area contributed by atoms with Gasteiger partial charge in [0.1, 0.15) is 11.5 Å². The van der Waals surface area contributed by atoms with Gasteiger partial charge in [-0.15, -0.1) is 0 Å². The van der Waals surface area contributed by atoms with Crippen LogP contribution in [0.15, 0.2) is 212 Å². The van der Waals surface area contributed by atoms with Crippen molar-refractivity contribution in [3.05, 3.63) is 212 Å². The van der Waals surface area contributed by atoms with Gasteiger partial charge in [-0.1, -0.05) is 206 Å². The summed E-state index contributed by atoms with van der Waals surface area (Å²) in [5.41, 5.74) is 3.94. The van der Waals surface area contributed by atoms with E-state index in [1.54, 1.807) is 0 Å². The average molecular weight is 695 g/mol. The Balaban J connectivity index is 1.42. The van der Waals surface area contributed by atoms with Gasteiger partial charge in [0.15, 0.2) is 16.1 Å². The largest absolute Gasteiger partial charge is 0.458 e. The third-order valence-electron chi connectivity index (χ3n) is 11.4. The molecule has 8 aromatic carbocycles. The van der Waals surface area contributed by atoms with Crippen molar-refractivity contribution in [2.24, 2.45) is 0 Å². The Bertz CT molecular complexity index is 2410. The van der Waals surface area contributed by atoms with Crippen LogP contribution in [0.25, 0.3) is 0 Å². The summed E-state index contributed by atoms with van der Waals surface area (Å²) >= 11 is 0. The SMILES string of the molecule is c1ccc([Si](c2ccccc2)(c2ccccc2)c2cc3c4c(c2)[Si](c2ccccc2)(c2ccccc2)c2ccccc2B4c2ccccc2O3)cc1. The fourth-order valence-electron chi connectivity index (χ4n) is 9.41. The molecular formula is C48H35BOSi2. The molecule has 4 heteroatoms. The Kier molecular flexibility index (Phi) is 7.34. The van der Waals surface area contributed by atoms with Crippen LogP contribution in [0.2, 0.25) is 0 Å². The zero-order valence-electron chi connectivity index (χ0n) is 28.7. The molecule has 0 saturated heterocycles. The van der Waals surface area contributed by atoms with E-state index in [0.29, 0.717) is 0 Å². The van der Waals surface area contributed by atoms with Crippen LogP contribution in [0.4, 0.5) is 0 Å². The van der Waals surface area contributed by atoms with Crippen molar-refractivity contribution < 1.29 is 4.74 Å². The Labute approximate surface area is 308 Å². The topological polar surface area (TPSA) is 9.23 Å². The van der Waals surface area contributed by atoms with Crippen LogP contribution in [-0.2, 0) is 0 Å². The molecule has 0 atom stereocenters. The van der Waals surface area contributed by atoms with Crippen LogP contribution in [0.3, 0.4) is 0 Å². The van der Waals surface area contributed by atoms with Crippen LogP contribution in [0.5, 0.6) is 11.5 Å². The van der Waals surface area contributed by atoms with Crippen LogP contribution in [0, 0.1) is 0 Å². The fraction of sp³-hybridized carbons (Fsp3) is 0. The second-order valence-electron chi connectivity index (χ2n) is 13.9. The van der Waals surface area contributed by atoms with Crippen LogP contribution in [0.1, 0.15) is 0 Å². The molecule has 0 spiro atoms. The molecule has 244 valence electrons. The molecule has 2 aliphatic rings. The van der Waals surface area contributed by atoms with E-state index in [4.69, 9.17) is 4.74 Å². The molecule has 2 heterocycles. The first-order chi connectivity index (χ1) is 25.8. The average Bonchev–Trinajstić information content (AvgIpc) is 3.23. The molecule has 2 aliphatic heterocycles. The highest BCUT2D eigenvalue weighted by Gasteiger charge is 2.54. The standard InChI is InChI=1S/C48H35BOSi2/c1-6-20-36(21-7-1)51(37-22-8-2-9-23-37,38-24-10-3-11-25-38)41-34-45-48-47(35-41)52(39-26-12-4-13-27-39,40-28-14-5-15-29-40)46-33-19-17-31-43(46)49(48)42-30-16-18-32-44(42)50-45/h1-35H. The van der Waals surface area contributed by atoms with E-state index in [-0.39, 0.29) is 6.71 Å². The third kappa shape index (κ3) is 4.41. The number of para-hydroxylation sites is 1. The highest BCUT2D eigenvalue weighted by Crippen LogP contribution is 2.27. The molecular weight excluding hydrogens is 660 g/mol. The smallest absolute Gasteiger partial charge is 0.250 e. The quantitative estimate of drug-likeness (QED) is 0.192. The summed E-state index contributed by atoms with van der Waals surface area (Å²) in [7, 11) is -5.83.